The fraction of sp³-hybridized carbons (Fsp3) is 0.417. The minimum absolute atomic E-state index is 0.0479. The molecule has 1 aromatic carbocycles. The molecule has 0 spiro atoms. The number of nitrogens with one attached hydrogen (secondary N) is 1. The van der Waals surface area contributed by atoms with Crippen molar-refractivity contribution >= 4 is 27.6 Å². The third-order valence-corrected chi connectivity index (χ3v) is 3.09. The molecule has 0 fully saturated rings. The van der Waals surface area contributed by atoms with Crippen molar-refractivity contribution in [2.45, 2.75) is 19.5 Å². The van der Waals surface area contributed by atoms with Gasteiger partial charge in [-0.3, -0.25) is 4.79 Å². The molecule has 1 aromatic rings. The van der Waals surface area contributed by atoms with Gasteiger partial charge in [0.25, 0.3) is 0 Å². The van der Waals surface area contributed by atoms with Crippen LogP contribution in [0, 0.1) is 5.92 Å². The summed E-state index contributed by atoms with van der Waals surface area (Å²) in [5, 5.41) is 11.3. The van der Waals surface area contributed by atoms with Crippen molar-refractivity contribution in [2.75, 3.05) is 11.9 Å². The Hall–Kier alpha value is -1.24. The first-order valence-electron chi connectivity index (χ1n) is 5.55. The largest absolute Gasteiger partial charge is 0.481 e. The molecule has 1 atom stereocenters. The molecule has 1 rings (SSSR count). The highest BCUT2D eigenvalue weighted by atomic mass is 79.9. The molecular weight excluding hydrogens is 327 g/mol. The number of hydrogen-bond acceptors (Lipinski definition) is 2. The van der Waals surface area contributed by atoms with Crippen molar-refractivity contribution in [1.82, 2.24) is 0 Å². The van der Waals surface area contributed by atoms with Crippen LogP contribution in [0.3, 0.4) is 0 Å². The molecule has 19 heavy (non-hydrogen) atoms. The Bertz CT molecular complexity index is 463. The summed E-state index contributed by atoms with van der Waals surface area (Å²) in [7, 11) is 0. The van der Waals surface area contributed by atoms with E-state index in [1.165, 1.54) is 19.1 Å². The van der Waals surface area contributed by atoms with Gasteiger partial charge in [0.1, 0.15) is 0 Å². The Morgan fingerprint density at radius 1 is 1.47 bits per heavy atom. The van der Waals surface area contributed by atoms with Gasteiger partial charge in [-0.25, -0.2) is 0 Å². The summed E-state index contributed by atoms with van der Waals surface area (Å²) in [6.07, 6.45) is -4.20. The summed E-state index contributed by atoms with van der Waals surface area (Å²) in [4.78, 5) is 10.6. The van der Waals surface area contributed by atoms with Gasteiger partial charge in [0.2, 0.25) is 0 Å². The van der Waals surface area contributed by atoms with Crippen LogP contribution in [0.2, 0.25) is 0 Å². The van der Waals surface area contributed by atoms with E-state index in [1.54, 1.807) is 0 Å². The van der Waals surface area contributed by atoms with Crippen LogP contribution in [0.4, 0.5) is 18.9 Å². The zero-order valence-electron chi connectivity index (χ0n) is 10.1. The van der Waals surface area contributed by atoms with Crippen LogP contribution < -0.4 is 5.32 Å². The van der Waals surface area contributed by atoms with Gasteiger partial charge < -0.3 is 10.4 Å². The van der Waals surface area contributed by atoms with E-state index in [0.29, 0.717) is 4.47 Å². The topological polar surface area (TPSA) is 49.3 Å². The van der Waals surface area contributed by atoms with Gasteiger partial charge in [0.05, 0.1) is 11.5 Å². The predicted molar refractivity (Wildman–Crippen MR) is 69.1 cm³/mol. The van der Waals surface area contributed by atoms with Crippen molar-refractivity contribution in [2.24, 2.45) is 5.92 Å². The summed E-state index contributed by atoms with van der Waals surface area (Å²) in [6, 6.07) is 3.81. The van der Waals surface area contributed by atoms with Crippen molar-refractivity contribution in [3.63, 3.8) is 0 Å². The van der Waals surface area contributed by atoms with E-state index in [1.807, 2.05) is 0 Å². The summed E-state index contributed by atoms with van der Waals surface area (Å²) < 4.78 is 38.7. The fourth-order valence-corrected chi connectivity index (χ4v) is 1.81. The number of aliphatic carboxylic acids is 1. The standard InChI is InChI=1S/C12H13BrF3NO2/c1-7(11(18)19)4-5-17-10-3-2-8(13)6-9(10)12(14,15)16/h2-3,6-7,17H,4-5H2,1H3,(H,18,19). The van der Waals surface area contributed by atoms with Crippen LogP contribution in [0.15, 0.2) is 22.7 Å². The maximum Gasteiger partial charge on any atom is 0.418 e. The molecule has 0 aliphatic carbocycles. The zero-order chi connectivity index (χ0) is 14.6. The summed E-state index contributed by atoms with van der Waals surface area (Å²) in [6.45, 7) is 1.68. The number of carbonyl (C=O) groups is 1. The van der Waals surface area contributed by atoms with E-state index in [2.05, 4.69) is 21.2 Å². The van der Waals surface area contributed by atoms with Crippen LogP contribution in [-0.2, 0) is 11.0 Å². The van der Waals surface area contributed by atoms with Crippen molar-refractivity contribution in [3.8, 4) is 0 Å². The highest BCUT2D eigenvalue weighted by Crippen LogP contribution is 2.36. The minimum Gasteiger partial charge on any atom is -0.481 e. The SMILES string of the molecule is CC(CCNc1ccc(Br)cc1C(F)(F)F)C(=O)O. The first-order valence-corrected chi connectivity index (χ1v) is 6.34. The molecule has 0 radical (unpaired) electrons. The molecule has 106 valence electrons. The molecule has 0 amide bonds. The van der Waals surface area contributed by atoms with Gasteiger partial charge in [-0.05, 0) is 24.6 Å². The lowest BCUT2D eigenvalue weighted by Crippen LogP contribution is -2.16. The molecule has 0 heterocycles. The van der Waals surface area contributed by atoms with Crippen molar-refractivity contribution in [3.05, 3.63) is 28.2 Å². The Labute approximate surface area is 116 Å². The van der Waals surface area contributed by atoms with Crippen LogP contribution in [0.1, 0.15) is 18.9 Å². The number of halogens is 4. The summed E-state index contributed by atoms with van der Waals surface area (Å²) in [5.74, 6) is -1.56. The summed E-state index contributed by atoms with van der Waals surface area (Å²) >= 11 is 2.99. The van der Waals surface area contributed by atoms with E-state index in [-0.39, 0.29) is 18.7 Å². The van der Waals surface area contributed by atoms with E-state index < -0.39 is 23.6 Å². The Kier molecular flexibility index (Phi) is 5.22. The highest BCUT2D eigenvalue weighted by molar-refractivity contribution is 9.10. The molecule has 3 nitrogen and oxygen atoms in total. The number of alkyl halides is 3. The Balaban J connectivity index is 2.76. The van der Waals surface area contributed by atoms with Crippen LogP contribution >= 0.6 is 15.9 Å². The zero-order valence-corrected chi connectivity index (χ0v) is 11.7. The van der Waals surface area contributed by atoms with Crippen molar-refractivity contribution in [1.29, 1.82) is 0 Å². The third kappa shape index (κ3) is 4.74. The lowest BCUT2D eigenvalue weighted by atomic mass is 10.1. The molecule has 0 aliphatic heterocycles. The molecule has 0 bridgehead atoms. The third-order valence-electron chi connectivity index (χ3n) is 2.60. The number of anilines is 1. The second-order valence-electron chi connectivity index (χ2n) is 4.14. The van der Waals surface area contributed by atoms with E-state index in [0.717, 1.165) is 6.07 Å². The van der Waals surface area contributed by atoms with E-state index >= 15 is 0 Å². The molecule has 7 heteroatoms. The maximum absolute atomic E-state index is 12.8. The maximum atomic E-state index is 12.8. The number of hydrogen-bond donors (Lipinski definition) is 2. The second kappa shape index (κ2) is 6.27. The van der Waals surface area contributed by atoms with Gasteiger partial charge in [0, 0.05) is 16.7 Å². The average Bonchev–Trinajstić information content (AvgIpc) is 2.29. The van der Waals surface area contributed by atoms with E-state index in [9.17, 15) is 18.0 Å². The van der Waals surface area contributed by atoms with Gasteiger partial charge in [-0.2, -0.15) is 13.2 Å². The van der Waals surface area contributed by atoms with Crippen LogP contribution in [0.25, 0.3) is 0 Å². The molecular formula is C12H13BrF3NO2. The summed E-state index contributed by atoms with van der Waals surface area (Å²) in [5.41, 5.74) is -0.821. The average molecular weight is 340 g/mol. The lowest BCUT2D eigenvalue weighted by Gasteiger charge is -2.15. The molecule has 0 aromatic heterocycles. The number of benzene rings is 1. The quantitative estimate of drug-likeness (QED) is 0.852. The van der Waals surface area contributed by atoms with Gasteiger partial charge in [-0.15, -0.1) is 0 Å². The van der Waals surface area contributed by atoms with Gasteiger partial charge in [-0.1, -0.05) is 22.9 Å². The molecule has 0 aliphatic rings. The molecule has 1 unspecified atom stereocenters. The second-order valence-corrected chi connectivity index (χ2v) is 5.06. The first kappa shape index (κ1) is 15.8. The Morgan fingerprint density at radius 3 is 2.63 bits per heavy atom. The normalized spacial score (nSPS) is 13.1. The monoisotopic (exact) mass is 339 g/mol. The van der Waals surface area contributed by atoms with Gasteiger partial charge in [0.15, 0.2) is 0 Å². The van der Waals surface area contributed by atoms with Gasteiger partial charge >= 0.3 is 12.1 Å². The van der Waals surface area contributed by atoms with Crippen LogP contribution in [-0.4, -0.2) is 17.6 Å². The Morgan fingerprint density at radius 2 is 2.11 bits per heavy atom. The number of rotatable bonds is 5. The van der Waals surface area contributed by atoms with Crippen molar-refractivity contribution < 1.29 is 23.1 Å². The molecule has 0 saturated heterocycles. The number of carboxylic acids is 1. The predicted octanol–water partition coefficient (Wildman–Crippen LogP) is 3.99. The molecule has 0 saturated carbocycles. The lowest BCUT2D eigenvalue weighted by molar-refractivity contribution is -0.141. The molecule has 2 N–H and O–H groups in total. The first-order chi connectivity index (χ1) is 8.71. The number of carboxylic acid groups (broad SMARTS) is 1. The highest BCUT2D eigenvalue weighted by Gasteiger charge is 2.33. The minimum atomic E-state index is -4.45. The fourth-order valence-electron chi connectivity index (χ4n) is 1.45. The smallest absolute Gasteiger partial charge is 0.418 e. The van der Waals surface area contributed by atoms with Crippen LogP contribution in [0.5, 0.6) is 0 Å². The van der Waals surface area contributed by atoms with E-state index in [4.69, 9.17) is 5.11 Å².